The highest BCUT2D eigenvalue weighted by Gasteiger charge is 2.43. The van der Waals surface area contributed by atoms with Crippen LogP contribution in [0.15, 0.2) is 0 Å². The van der Waals surface area contributed by atoms with Crippen LogP contribution in [0, 0.1) is 10.8 Å². The Hall–Kier alpha value is -1.63. The van der Waals surface area contributed by atoms with Gasteiger partial charge < -0.3 is 19.3 Å². The lowest BCUT2D eigenvalue weighted by Crippen LogP contribution is -2.50. The van der Waals surface area contributed by atoms with E-state index in [-0.39, 0.29) is 0 Å². The quantitative estimate of drug-likeness (QED) is 0.515. The highest BCUT2D eigenvalue weighted by Crippen LogP contribution is 2.24. The monoisotopic (exact) mass is 374 g/mol. The van der Waals surface area contributed by atoms with Gasteiger partial charge in [-0.15, -0.1) is 0 Å². The predicted molar refractivity (Wildman–Crippen MR) is 96.2 cm³/mol. The Bertz CT molecular complexity index is 485. The Balaban J connectivity index is 5.72. The first-order valence-electron chi connectivity index (χ1n) is 8.93. The summed E-state index contributed by atoms with van der Waals surface area (Å²) in [6.07, 6.45) is -2.29. The van der Waals surface area contributed by atoms with Crippen molar-refractivity contribution in [2.45, 2.75) is 86.0 Å². The van der Waals surface area contributed by atoms with Crippen molar-refractivity contribution in [2.75, 3.05) is 7.11 Å². The van der Waals surface area contributed by atoms with Crippen molar-refractivity contribution in [3.05, 3.63) is 0 Å². The number of aliphatic hydroxyl groups excluding tert-OH is 1. The average Bonchev–Trinajstić information content (AvgIpc) is 2.52. The fourth-order valence-corrected chi connectivity index (χ4v) is 1.88. The van der Waals surface area contributed by atoms with Crippen LogP contribution in [0.25, 0.3) is 0 Å². The Morgan fingerprint density at radius 3 is 1.77 bits per heavy atom. The first-order chi connectivity index (χ1) is 11.8. The van der Waals surface area contributed by atoms with E-state index in [1.807, 2.05) is 6.92 Å². The second-order valence-corrected chi connectivity index (χ2v) is 8.43. The van der Waals surface area contributed by atoms with Gasteiger partial charge >= 0.3 is 17.9 Å². The SMILES string of the molecule is CCCC[C@@H](O)[C@H](OC(=O)C(C)(C)C)[C@@H](OC(=O)C(C)(C)C)C(=O)OC. The zero-order valence-electron chi connectivity index (χ0n) is 17.3. The first kappa shape index (κ1) is 24.4. The fraction of sp³-hybridized carbons (Fsp3) is 0.842. The number of esters is 3. The lowest BCUT2D eigenvalue weighted by Gasteiger charge is -2.32. The van der Waals surface area contributed by atoms with Crippen molar-refractivity contribution in [1.82, 2.24) is 0 Å². The maximum absolute atomic E-state index is 12.3. The van der Waals surface area contributed by atoms with Crippen LogP contribution in [0.4, 0.5) is 0 Å². The number of carbonyl (C=O) groups excluding carboxylic acids is 3. The third-order valence-electron chi connectivity index (χ3n) is 3.67. The molecular weight excluding hydrogens is 340 g/mol. The molecule has 0 saturated heterocycles. The summed E-state index contributed by atoms with van der Waals surface area (Å²) in [5.74, 6) is -2.16. The second-order valence-electron chi connectivity index (χ2n) is 8.43. The molecule has 7 nitrogen and oxygen atoms in total. The van der Waals surface area contributed by atoms with E-state index in [1.165, 1.54) is 0 Å². The van der Waals surface area contributed by atoms with Gasteiger partial charge in [0.15, 0.2) is 6.10 Å². The van der Waals surface area contributed by atoms with Gasteiger partial charge in [-0.3, -0.25) is 9.59 Å². The van der Waals surface area contributed by atoms with Gasteiger partial charge in [0.25, 0.3) is 0 Å². The van der Waals surface area contributed by atoms with Gasteiger partial charge in [-0.1, -0.05) is 19.8 Å². The van der Waals surface area contributed by atoms with Gasteiger partial charge in [-0.25, -0.2) is 4.79 Å². The summed E-state index contributed by atoms with van der Waals surface area (Å²) in [7, 11) is 1.14. The molecule has 0 aromatic heterocycles. The van der Waals surface area contributed by atoms with Crippen LogP contribution in [0.2, 0.25) is 0 Å². The Morgan fingerprint density at radius 1 is 0.923 bits per heavy atom. The lowest BCUT2D eigenvalue weighted by molar-refractivity contribution is -0.196. The summed E-state index contributed by atoms with van der Waals surface area (Å²) >= 11 is 0. The van der Waals surface area contributed by atoms with Gasteiger partial charge in [0, 0.05) is 0 Å². The molecule has 26 heavy (non-hydrogen) atoms. The largest absolute Gasteiger partial charge is 0.466 e. The van der Waals surface area contributed by atoms with Crippen molar-refractivity contribution in [3.8, 4) is 0 Å². The Labute approximate surface area is 156 Å². The van der Waals surface area contributed by atoms with E-state index in [0.29, 0.717) is 12.8 Å². The van der Waals surface area contributed by atoms with Crippen LogP contribution in [-0.2, 0) is 28.6 Å². The normalized spacial score (nSPS) is 15.6. The molecule has 0 aliphatic rings. The van der Waals surface area contributed by atoms with E-state index in [2.05, 4.69) is 0 Å². The molecule has 0 bridgehead atoms. The van der Waals surface area contributed by atoms with Crippen molar-refractivity contribution in [1.29, 1.82) is 0 Å². The minimum Gasteiger partial charge on any atom is -0.466 e. The van der Waals surface area contributed by atoms with E-state index >= 15 is 0 Å². The van der Waals surface area contributed by atoms with Crippen LogP contribution in [0.1, 0.15) is 67.7 Å². The molecule has 0 unspecified atom stereocenters. The topological polar surface area (TPSA) is 99.1 Å². The Morgan fingerprint density at radius 2 is 1.38 bits per heavy atom. The Kier molecular flexibility index (Phi) is 9.28. The summed E-state index contributed by atoms with van der Waals surface area (Å²) in [6, 6.07) is 0. The van der Waals surface area contributed by atoms with E-state index in [0.717, 1.165) is 13.5 Å². The first-order valence-corrected chi connectivity index (χ1v) is 8.93. The molecule has 0 aromatic rings. The highest BCUT2D eigenvalue weighted by atomic mass is 16.6. The van der Waals surface area contributed by atoms with E-state index in [9.17, 15) is 19.5 Å². The van der Waals surface area contributed by atoms with Gasteiger partial charge in [-0.2, -0.15) is 0 Å². The summed E-state index contributed by atoms with van der Waals surface area (Å²) in [5, 5.41) is 10.5. The van der Waals surface area contributed by atoms with Crippen LogP contribution in [0.5, 0.6) is 0 Å². The summed E-state index contributed by atoms with van der Waals surface area (Å²) in [4.78, 5) is 36.8. The van der Waals surface area contributed by atoms with Crippen LogP contribution < -0.4 is 0 Å². The number of carbonyl (C=O) groups is 3. The predicted octanol–water partition coefficient (Wildman–Crippen LogP) is 2.63. The lowest BCUT2D eigenvalue weighted by atomic mass is 9.95. The van der Waals surface area contributed by atoms with Gasteiger partial charge in [0.2, 0.25) is 6.10 Å². The number of unbranched alkanes of at least 4 members (excludes halogenated alkanes) is 1. The number of hydrogen-bond acceptors (Lipinski definition) is 7. The molecule has 0 spiro atoms. The van der Waals surface area contributed by atoms with Crippen LogP contribution in [0.3, 0.4) is 0 Å². The molecule has 0 aliphatic carbocycles. The number of hydrogen-bond donors (Lipinski definition) is 1. The summed E-state index contributed by atoms with van der Waals surface area (Å²) in [5.41, 5.74) is -1.73. The smallest absolute Gasteiger partial charge is 0.351 e. The second kappa shape index (κ2) is 9.90. The third-order valence-corrected chi connectivity index (χ3v) is 3.67. The molecule has 0 heterocycles. The average molecular weight is 374 g/mol. The molecule has 0 rings (SSSR count). The van der Waals surface area contributed by atoms with Crippen LogP contribution in [-0.4, -0.2) is 48.4 Å². The molecule has 1 N–H and O–H groups in total. The van der Waals surface area contributed by atoms with Gasteiger partial charge in [0.1, 0.15) is 0 Å². The molecule has 0 aromatic carbocycles. The number of aliphatic hydroxyl groups is 1. The molecule has 0 aliphatic heterocycles. The maximum Gasteiger partial charge on any atom is 0.351 e. The van der Waals surface area contributed by atoms with Gasteiger partial charge in [-0.05, 0) is 48.0 Å². The van der Waals surface area contributed by atoms with Crippen LogP contribution >= 0.6 is 0 Å². The third kappa shape index (κ3) is 7.72. The molecule has 0 radical (unpaired) electrons. The van der Waals surface area contributed by atoms with E-state index in [4.69, 9.17) is 14.2 Å². The van der Waals surface area contributed by atoms with Gasteiger partial charge in [0.05, 0.1) is 24.0 Å². The summed E-state index contributed by atoms with van der Waals surface area (Å²) < 4.78 is 15.4. The van der Waals surface area contributed by atoms with Crippen molar-refractivity contribution < 1.29 is 33.7 Å². The molecule has 3 atom stereocenters. The standard InChI is InChI=1S/C19H34O7/c1-9-10-11-12(20)13(25-16(22)18(2,3)4)14(15(21)24-8)26-17(23)19(5,6)7/h12-14,20H,9-11H2,1-8H3/t12-,13+,14-/m1/s1. The molecule has 0 amide bonds. The maximum atomic E-state index is 12.3. The zero-order valence-corrected chi connectivity index (χ0v) is 17.3. The van der Waals surface area contributed by atoms with Crippen molar-refractivity contribution >= 4 is 17.9 Å². The van der Waals surface area contributed by atoms with E-state index in [1.54, 1.807) is 41.5 Å². The van der Waals surface area contributed by atoms with Crippen molar-refractivity contribution in [2.24, 2.45) is 10.8 Å². The zero-order chi connectivity index (χ0) is 20.7. The minimum absolute atomic E-state index is 0.291. The number of rotatable bonds is 8. The molecule has 7 heteroatoms. The minimum atomic E-state index is -1.54. The number of ether oxygens (including phenoxy) is 3. The van der Waals surface area contributed by atoms with E-state index < -0.39 is 47.0 Å². The number of methoxy groups -OCH3 is 1. The molecular formula is C19H34O7. The fourth-order valence-electron chi connectivity index (χ4n) is 1.88. The molecule has 152 valence electrons. The van der Waals surface area contributed by atoms with Crippen molar-refractivity contribution in [3.63, 3.8) is 0 Å². The molecule has 0 fully saturated rings. The molecule has 0 saturated carbocycles. The highest BCUT2D eigenvalue weighted by molar-refractivity contribution is 5.83. The summed E-state index contributed by atoms with van der Waals surface area (Å²) in [6.45, 7) is 11.8.